The zero-order valence-corrected chi connectivity index (χ0v) is 21.8. The predicted octanol–water partition coefficient (Wildman–Crippen LogP) is 1.56. The summed E-state index contributed by atoms with van der Waals surface area (Å²) in [5, 5.41) is 21.3. The number of benzene rings is 2. The van der Waals surface area contributed by atoms with E-state index in [9.17, 15) is 29.4 Å². The molecule has 0 unspecified atom stereocenters. The molecule has 0 saturated carbocycles. The Balaban J connectivity index is 1.77. The van der Waals surface area contributed by atoms with Crippen molar-refractivity contribution < 1.29 is 57.1 Å². The van der Waals surface area contributed by atoms with E-state index in [0.717, 1.165) is 13.8 Å². The van der Waals surface area contributed by atoms with Crippen LogP contribution in [-0.4, -0.2) is 67.1 Å². The smallest absolute Gasteiger partial charge is 0.344 e. The van der Waals surface area contributed by atoms with Crippen molar-refractivity contribution in [2.45, 2.75) is 51.5 Å². The Morgan fingerprint density at radius 1 is 0.850 bits per heavy atom. The number of methoxy groups -OCH3 is 2. The highest BCUT2D eigenvalue weighted by atomic mass is 16.7. The van der Waals surface area contributed by atoms with Gasteiger partial charge in [0.2, 0.25) is 23.9 Å². The molecule has 2 aromatic heterocycles. The lowest BCUT2D eigenvalue weighted by atomic mass is 9.99. The zero-order valence-electron chi connectivity index (χ0n) is 21.8. The third-order valence-electron chi connectivity index (χ3n) is 6.54. The van der Waals surface area contributed by atoms with Crippen LogP contribution in [-0.2, 0) is 23.8 Å². The molecule has 3 heterocycles. The molecule has 14 nitrogen and oxygen atoms in total. The maximum Gasteiger partial charge on any atom is 0.344 e. The van der Waals surface area contributed by atoms with E-state index in [-0.39, 0.29) is 50.0 Å². The Bertz CT molecular complexity index is 1750. The summed E-state index contributed by atoms with van der Waals surface area (Å²) >= 11 is 0. The van der Waals surface area contributed by atoms with Crippen LogP contribution < -0.4 is 25.5 Å². The van der Waals surface area contributed by atoms with Gasteiger partial charge in [0.15, 0.2) is 28.8 Å². The number of rotatable bonds is 6. The fourth-order valence-electron chi connectivity index (χ4n) is 4.81. The average Bonchev–Trinajstić information content (AvgIpc) is 2.89. The van der Waals surface area contributed by atoms with Gasteiger partial charge >= 0.3 is 23.2 Å². The number of aliphatic hydroxyl groups excluding tert-OH is 1. The molecule has 0 aliphatic carbocycles. The average molecular weight is 560 g/mol. The Hall–Kier alpha value is -4.56. The summed E-state index contributed by atoms with van der Waals surface area (Å²) in [6, 6.07) is 2.51. The Morgan fingerprint density at radius 3 is 1.95 bits per heavy atom. The van der Waals surface area contributed by atoms with Crippen LogP contribution in [0, 0.1) is 0 Å². The summed E-state index contributed by atoms with van der Waals surface area (Å²) in [6.45, 7) is 3.69. The molecule has 14 heteroatoms. The third-order valence-corrected chi connectivity index (χ3v) is 6.54. The van der Waals surface area contributed by atoms with Gasteiger partial charge in [0.25, 0.3) is 0 Å². The Labute approximate surface area is 223 Å². The summed E-state index contributed by atoms with van der Waals surface area (Å²) in [5.41, 5.74) is -2.38. The number of carbonyl (C=O) groups is 2. The van der Waals surface area contributed by atoms with E-state index in [4.69, 9.17) is 37.3 Å². The summed E-state index contributed by atoms with van der Waals surface area (Å²) < 4.78 is 43.8. The molecule has 2 aromatic carbocycles. The van der Waals surface area contributed by atoms with E-state index in [2.05, 4.69) is 0 Å². The van der Waals surface area contributed by atoms with Gasteiger partial charge in [-0.15, -0.1) is 0 Å². The highest BCUT2D eigenvalue weighted by molar-refractivity contribution is 6.22. The topological polar surface area (TPSA) is 190 Å². The van der Waals surface area contributed by atoms with Gasteiger partial charge in [-0.2, -0.15) is 0 Å². The van der Waals surface area contributed by atoms with Crippen LogP contribution in [0.5, 0.6) is 23.0 Å². The number of hydrogen-bond acceptors (Lipinski definition) is 14. The molecule has 1 aliphatic heterocycles. The number of phenolic OH excluding ortho intramolecular Hbond substituents is 1. The summed E-state index contributed by atoms with van der Waals surface area (Å²) in [6.07, 6.45) is -6.74. The molecule has 1 aliphatic rings. The van der Waals surface area contributed by atoms with Crippen molar-refractivity contribution in [2.75, 3.05) is 14.2 Å². The van der Waals surface area contributed by atoms with Crippen LogP contribution in [0.2, 0.25) is 0 Å². The molecular formula is C26H24O14. The minimum absolute atomic E-state index is 0.0503. The van der Waals surface area contributed by atoms with Crippen LogP contribution in [0.15, 0.2) is 30.6 Å². The van der Waals surface area contributed by atoms with Gasteiger partial charge in [0, 0.05) is 24.6 Å². The lowest BCUT2D eigenvalue weighted by molar-refractivity contribution is -0.277. The van der Waals surface area contributed by atoms with E-state index in [1.54, 1.807) is 0 Å². The normalized spacial score (nSPS) is 22.9. The number of esters is 2. The molecule has 0 amide bonds. The molecule has 0 bridgehead atoms. The van der Waals surface area contributed by atoms with Crippen molar-refractivity contribution in [3.8, 4) is 23.0 Å². The zero-order chi connectivity index (χ0) is 29.0. The molecule has 212 valence electrons. The second-order valence-corrected chi connectivity index (χ2v) is 9.08. The quantitative estimate of drug-likeness (QED) is 0.196. The minimum Gasteiger partial charge on any atom is -0.502 e. The van der Waals surface area contributed by atoms with Gasteiger partial charge in [-0.25, -0.2) is 9.59 Å². The van der Waals surface area contributed by atoms with E-state index >= 15 is 0 Å². The SMILES string of the molecule is COc1cc2c(=O)oc3c(O[C@H]4O[C@@H](C)[C@H](O)[C@@H](OC(C)=O)[C@H]4OC(C)=O)c(OC)cc4c(=O)oc(c1O)c2c34. The molecule has 0 spiro atoms. The van der Waals surface area contributed by atoms with Crippen LogP contribution in [0.1, 0.15) is 20.8 Å². The van der Waals surface area contributed by atoms with Crippen LogP contribution in [0.4, 0.5) is 0 Å². The monoisotopic (exact) mass is 560 g/mol. The van der Waals surface area contributed by atoms with Crippen molar-refractivity contribution in [1.82, 2.24) is 0 Å². The maximum atomic E-state index is 13.1. The lowest BCUT2D eigenvalue weighted by Crippen LogP contribution is -2.60. The maximum absolute atomic E-state index is 13.1. The first-order valence-electron chi connectivity index (χ1n) is 11.9. The first-order chi connectivity index (χ1) is 19.0. The van der Waals surface area contributed by atoms with Crippen molar-refractivity contribution in [3.05, 3.63) is 33.0 Å². The largest absolute Gasteiger partial charge is 0.502 e. The molecule has 5 rings (SSSR count). The third kappa shape index (κ3) is 4.21. The lowest BCUT2D eigenvalue weighted by Gasteiger charge is -2.42. The standard InChI is InChI=1S/C26H24O14/c1-8-17(29)22(36-9(2)27)23(37-10(3)28)26(35-8)40-19-14(34-5)7-12-16-15-11(25(32)39-21(16)19)6-13(33-4)18(30)20(15)38-24(12)31/h6-8,17,22-23,26,29-30H,1-5H3/t8-,17-,22+,23+,26+/m0/s1. The molecule has 0 radical (unpaired) electrons. The summed E-state index contributed by atoms with van der Waals surface area (Å²) in [7, 11) is 2.52. The van der Waals surface area contributed by atoms with Crippen molar-refractivity contribution in [2.24, 2.45) is 0 Å². The molecule has 1 fully saturated rings. The van der Waals surface area contributed by atoms with Crippen molar-refractivity contribution in [1.29, 1.82) is 0 Å². The predicted molar refractivity (Wildman–Crippen MR) is 134 cm³/mol. The molecule has 4 aromatic rings. The number of hydrogen-bond donors (Lipinski definition) is 2. The molecule has 2 N–H and O–H groups in total. The van der Waals surface area contributed by atoms with Gasteiger partial charge in [-0.1, -0.05) is 0 Å². The molecule has 5 atom stereocenters. The minimum atomic E-state index is -1.52. The molecule has 1 saturated heterocycles. The van der Waals surface area contributed by atoms with Crippen LogP contribution in [0.25, 0.3) is 32.7 Å². The summed E-state index contributed by atoms with van der Waals surface area (Å²) in [5.74, 6) is -2.55. The van der Waals surface area contributed by atoms with Gasteiger partial charge in [0.1, 0.15) is 6.10 Å². The number of ether oxygens (including phenoxy) is 6. The highest BCUT2D eigenvalue weighted by Crippen LogP contribution is 2.46. The number of aliphatic hydroxyl groups is 1. The summed E-state index contributed by atoms with van der Waals surface area (Å²) in [4.78, 5) is 49.8. The molecule has 40 heavy (non-hydrogen) atoms. The van der Waals surface area contributed by atoms with Gasteiger partial charge in [-0.05, 0) is 19.1 Å². The number of carbonyl (C=O) groups excluding carboxylic acids is 2. The fraction of sp³-hybridized carbons (Fsp3) is 0.385. The second kappa shape index (κ2) is 9.88. The Kier molecular flexibility index (Phi) is 6.67. The van der Waals surface area contributed by atoms with Crippen LogP contribution in [0.3, 0.4) is 0 Å². The van der Waals surface area contributed by atoms with E-state index in [0.29, 0.717) is 0 Å². The highest BCUT2D eigenvalue weighted by Gasteiger charge is 2.49. The van der Waals surface area contributed by atoms with Gasteiger partial charge < -0.3 is 47.5 Å². The van der Waals surface area contributed by atoms with Crippen LogP contribution >= 0.6 is 0 Å². The Morgan fingerprint density at radius 2 is 1.38 bits per heavy atom. The first kappa shape index (κ1) is 27.0. The number of phenols is 1. The number of aromatic hydroxyl groups is 1. The van der Waals surface area contributed by atoms with E-state index < -0.39 is 59.6 Å². The van der Waals surface area contributed by atoms with Crippen molar-refractivity contribution in [3.63, 3.8) is 0 Å². The van der Waals surface area contributed by atoms with Gasteiger partial charge in [0.05, 0.1) is 31.1 Å². The molecular weight excluding hydrogens is 536 g/mol. The fourth-order valence-corrected chi connectivity index (χ4v) is 4.81. The van der Waals surface area contributed by atoms with Gasteiger partial charge in [-0.3, -0.25) is 9.59 Å². The second-order valence-electron chi connectivity index (χ2n) is 9.08. The first-order valence-corrected chi connectivity index (χ1v) is 11.9. The van der Waals surface area contributed by atoms with Crippen molar-refractivity contribution >= 4 is 44.6 Å². The van der Waals surface area contributed by atoms with E-state index in [1.165, 1.54) is 33.3 Å². The van der Waals surface area contributed by atoms with E-state index in [1.807, 2.05) is 0 Å².